The van der Waals surface area contributed by atoms with Crippen molar-refractivity contribution in [1.82, 2.24) is 14.7 Å². The van der Waals surface area contributed by atoms with E-state index in [1.54, 1.807) is 36.4 Å². The summed E-state index contributed by atoms with van der Waals surface area (Å²) in [7, 11) is 0. The molecule has 7 heteroatoms. The number of ether oxygens (including phenoxy) is 1. The Labute approximate surface area is 167 Å². The van der Waals surface area contributed by atoms with Crippen LogP contribution in [0, 0.1) is 5.82 Å². The Hall–Kier alpha value is -2.80. The molecule has 1 heterocycles. The summed E-state index contributed by atoms with van der Waals surface area (Å²) in [6.45, 7) is 2.79. The SMILES string of the molecule is CCCCCNC(=O)c1cccc(Oc2nc(Cc3ccc(F)cc3)ns2)c1. The summed E-state index contributed by atoms with van der Waals surface area (Å²) in [6, 6.07) is 13.2. The van der Waals surface area contributed by atoms with E-state index in [1.165, 1.54) is 12.1 Å². The fourth-order valence-corrected chi connectivity index (χ4v) is 3.19. The lowest BCUT2D eigenvalue weighted by molar-refractivity contribution is 0.0952. The minimum atomic E-state index is -0.270. The molecule has 1 amide bonds. The highest BCUT2D eigenvalue weighted by Crippen LogP contribution is 2.24. The van der Waals surface area contributed by atoms with Crippen molar-refractivity contribution in [2.45, 2.75) is 32.6 Å². The number of aromatic nitrogens is 2. The molecule has 0 aliphatic rings. The Morgan fingerprint density at radius 3 is 2.79 bits per heavy atom. The molecule has 0 spiro atoms. The summed E-state index contributed by atoms with van der Waals surface area (Å²) in [4.78, 5) is 16.6. The molecule has 28 heavy (non-hydrogen) atoms. The maximum Gasteiger partial charge on any atom is 0.298 e. The van der Waals surface area contributed by atoms with Crippen LogP contribution in [0.25, 0.3) is 0 Å². The van der Waals surface area contributed by atoms with Gasteiger partial charge in [-0.05, 0) is 42.3 Å². The number of carbonyl (C=O) groups excluding carboxylic acids is 1. The highest BCUT2D eigenvalue weighted by Gasteiger charge is 2.10. The summed E-state index contributed by atoms with van der Waals surface area (Å²) >= 11 is 1.14. The number of halogens is 1. The van der Waals surface area contributed by atoms with Gasteiger partial charge in [0.1, 0.15) is 11.6 Å². The average Bonchev–Trinajstić information content (AvgIpc) is 3.14. The third-order valence-electron chi connectivity index (χ3n) is 4.09. The van der Waals surface area contributed by atoms with Gasteiger partial charge < -0.3 is 10.1 Å². The third kappa shape index (κ3) is 5.85. The van der Waals surface area contributed by atoms with Gasteiger partial charge in [-0.3, -0.25) is 4.79 Å². The number of hydrogen-bond acceptors (Lipinski definition) is 5. The molecule has 0 atom stereocenters. The Kier molecular flexibility index (Phi) is 7.08. The number of nitrogens with one attached hydrogen (secondary N) is 1. The first-order chi connectivity index (χ1) is 13.6. The van der Waals surface area contributed by atoms with Crippen LogP contribution >= 0.6 is 11.5 Å². The first-order valence-corrected chi connectivity index (χ1v) is 10.0. The lowest BCUT2D eigenvalue weighted by atomic mass is 10.1. The van der Waals surface area contributed by atoms with Gasteiger partial charge in [-0.25, -0.2) is 4.39 Å². The third-order valence-corrected chi connectivity index (χ3v) is 4.73. The molecule has 0 saturated heterocycles. The Balaban J connectivity index is 1.59. The van der Waals surface area contributed by atoms with Gasteiger partial charge >= 0.3 is 0 Å². The van der Waals surface area contributed by atoms with Gasteiger partial charge in [0.2, 0.25) is 0 Å². The number of benzene rings is 2. The predicted molar refractivity (Wildman–Crippen MR) is 107 cm³/mol. The molecule has 0 unspecified atom stereocenters. The normalized spacial score (nSPS) is 10.6. The fraction of sp³-hybridized carbons (Fsp3) is 0.286. The average molecular weight is 399 g/mol. The van der Waals surface area contributed by atoms with E-state index >= 15 is 0 Å². The van der Waals surface area contributed by atoms with Crippen LogP contribution in [0.4, 0.5) is 4.39 Å². The van der Waals surface area contributed by atoms with Gasteiger partial charge in [0.15, 0.2) is 5.82 Å². The highest BCUT2D eigenvalue weighted by atomic mass is 32.1. The van der Waals surface area contributed by atoms with Crippen LogP contribution in [-0.4, -0.2) is 21.8 Å². The van der Waals surface area contributed by atoms with Crippen LogP contribution in [0.15, 0.2) is 48.5 Å². The summed E-state index contributed by atoms with van der Waals surface area (Å²) in [5.41, 5.74) is 1.47. The molecule has 2 aromatic carbocycles. The quantitative estimate of drug-likeness (QED) is 0.516. The van der Waals surface area contributed by atoms with Crippen LogP contribution in [0.2, 0.25) is 0 Å². The minimum Gasteiger partial charge on any atom is -0.430 e. The number of unbranched alkanes of at least 4 members (excludes halogenated alkanes) is 2. The second kappa shape index (κ2) is 9.94. The molecule has 1 N–H and O–H groups in total. The first kappa shape index (κ1) is 19.9. The van der Waals surface area contributed by atoms with Gasteiger partial charge in [-0.15, -0.1) is 0 Å². The molecule has 0 fully saturated rings. The maximum absolute atomic E-state index is 13.0. The zero-order chi connectivity index (χ0) is 19.8. The van der Waals surface area contributed by atoms with Gasteiger partial charge in [0.25, 0.3) is 11.1 Å². The van der Waals surface area contributed by atoms with Gasteiger partial charge in [0.05, 0.1) is 0 Å². The van der Waals surface area contributed by atoms with Gasteiger partial charge in [-0.1, -0.05) is 38.0 Å². The van der Waals surface area contributed by atoms with Crippen LogP contribution < -0.4 is 10.1 Å². The molecule has 0 saturated carbocycles. The number of rotatable bonds is 9. The van der Waals surface area contributed by atoms with E-state index in [0.29, 0.717) is 35.3 Å². The second-order valence-electron chi connectivity index (χ2n) is 6.37. The number of nitrogens with zero attached hydrogens (tertiary/aromatic N) is 2. The molecular weight excluding hydrogens is 377 g/mol. The molecule has 5 nitrogen and oxygen atoms in total. The van der Waals surface area contributed by atoms with Crippen molar-refractivity contribution in [2.75, 3.05) is 6.54 Å². The fourth-order valence-electron chi connectivity index (χ4n) is 2.62. The molecule has 0 bridgehead atoms. The summed E-state index contributed by atoms with van der Waals surface area (Å²) < 4.78 is 23.0. The zero-order valence-corrected chi connectivity index (χ0v) is 16.5. The maximum atomic E-state index is 13.0. The van der Waals surface area contributed by atoms with E-state index in [4.69, 9.17) is 4.74 Å². The van der Waals surface area contributed by atoms with Crippen molar-refractivity contribution in [3.63, 3.8) is 0 Å². The molecule has 1 aromatic heterocycles. The Morgan fingerprint density at radius 2 is 2.00 bits per heavy atom. The van der Waals surface area contributed by atoms with Gasteiger partial charge in [-0.2, -0.15) is 9.36 Å². The second-order valence-corrected chi connectivity index (χ2v) is 7.09. The van der Waals surface area contributed by atoms with Crippen molar-refractivity contribution in [3.05, 3.63) is 71.3 Å². The molecule has 0 radical (unpaired) electrons. The topological polar surface area (TPSA) is 64.1 Å². The molecule has 3 aromatic rings. The van der Waals surface area contributed by atoms with E-state index in [2.05, 4.69) is 21.6 Å². The van der Waals surface area contributed by atoms with Crippen molar-refractivity contribution >= 4 is 17.4 Å². The standard InChI is InChI=1S/C21H22FN3O2S/c1-2-3-4-12-23-20(26)16-6-5-7-18(14-16)27-21-24-19(25-28-21)13-15-8-10-17(22)11-9-15/h5-11,14H,2-4,12-13H2,1H3,(H,23,26). The highest BCUT2D eigenvalue weighted by molar-refractivity contribution is 7.07. The Bertz CT molecular complexity index is 912. The minimum absolute atomic E-state index is 0.115. The van der Waals surface area contributed by atoms with Crippen LogP contribution in [0.3, 0.4) is 0 Å². The summed E-state index contributed by atoms with van der Waals surface area (Å²) in [6.07, 6.45) is 3.69. The van der Waals surface area contributed by atoms with E-state index in [1.807, 2.05) is 0 Å². The monoisotopic (exact) mass is 399 g/mol. The van der Waals surface area contributed by atoms with Crippen LogP contribution in [-0.2, 0) is 6.42 Å². The molecule has 3 rings (SSSR count). The van der Waals surface area contributed by atoms with Crippen molar-refractivity contribution in [2.24, 2.45) is 0 Å². The number of hydrogen-bond donors (Lipinski definition) is 1. The van der Waals surface area contributed by atoms with Crippen molar-refractivity contribution < 1.29 is 13.9 Å². The van der Waals surface area contributed by atoms with E-state index in [0.717, 1.165) is 36.4 Å². The van der Waals surface area contributed by atoms with E-state index in [-0.39, 0.29) is 11.7 Å². The zero-order valence-electron chi connectivity index (χ0n) is 15.7. The Morgan fingerprint density at radius 1 is 1.18 bits per heavy atom. The number of carbonyl (C=O) groups is 1. The largest absolute Gasteiger partial charge is 0.430 e. The first-order valence-electron chi connectivity index (χ1n) is 9.27. The van der Waals surface area contributed by atoms with Crippen LogP contribution in [0.5, 0.6) is 10.9 Å². The molecule has 0 aliphatic heterocycles. The molecule has 0 aliphatic carbocycles. The van der Waals surface area contributed by atoms with Crippen LogP contribution in [0.1, 0.15) is 47.9 Å². The predicted octanol–water partition coefficient (Wildman–Crippen LogP) is 4.98. The van der Waals surface area contributed by atoms with E-state index < -0.39 is 0 Å². The van der Waals surface area contributed by atoms with Crippen molar-refractivity contribution in [3.8, 4) is 10.9 Å². The van der Waals surface area contributed by atoms with Crippen molar-refractivity contribution in [1.29, 1.82) is 0 Å². The van der Waals surface area contributed by atoms with E-state index in [9.17, 15) is 9.18 Å². The summed E-state index contributed by atoms with van der Waals surface area (Å²) in [5.74, 6) is 0.756. The lowest BCUT2D eigenvalue weighted by Crippen LogP contribution is -2.24. The summed E-state index contributed by atoms with van der Waals surface area (Å²) in [5, 5.41) is 3.31. The molecular formula is C21H22FN3O2S. The number of amides is 1. The smallest absolute Gasteiger partial charge is 0.298 e. The molecule has 146 valence electrons. The lowest BCUT2D eigenvalue weighted by Gasteiger charge is -2.06. The van der Waals surface area contributed by atoms with Gasteiger partial charge in [0, 0.05) is 30.1 Å².